The summed E-state index contributed by atoms with van der Waals surface area (Å²) in [6, 6.07) is 0. The first-order valence-corrected chi connectivity index (χ1v) is 6.02. The van der Waals surface area contributed by atoms with Gasteiger partial charge < -0.3 is 9.64 Å². The summed E-state index contributed by atoms with van der Waals surface area (Å²) in [5, 5.41) is 3.18. The quantitative estimate of drug-likeness (QED) is 0.441. The number of alkyl halides is 2. The van der Waals surface area contributed by atoms with Gasteiger partial charge in [0.1, 0.15) is 5.60 Å². The highest BCUT2D eigenvalue weighted by Gasteiger charge is 2.45. The van der Waals surface area contributed by atoms with E-state index in [1.165, 1.54) is 4.90 Å². The zero-order valence-electron chi connectivity index (χ0n) is 11.3. The zero-order valence-corrected chi connectivity index (χ0v) is 11.3. The monoisotopic (exact) mass is 276 g/mol. The smallest absolute Gasteiger partial charge is 0.410 e. The van der Waals surface area contributed by atoms with Gasteiger partial charge >= 0.3 is 6.09 Å². The number of rotatable bonds is 2. The lowest BCUT2D eigenvalue weighted by atomic mass is 9.94. The molecule has 1 aliphatic heterocycles. The number of piperidine rings is 1. The van der Waals surface area contributed by atoms with Crippen LogP contribution in [-0.2, 0) is 4.74 Å². The van der Waals surface area contributed by atoms with Crippen LogP contribution in [0.5, 0.6) is 0 Å². The molecule has 108 valence electrons. The average Bonchev–Trinajstić information content (AvgIpc) is 2.24. The highest BCUT2D eigenvalue weighted by Crippen LogP contribution is 2.34. The van der Waals surface area contributed by atoms with Crippen LogP contribution in [-0.4, -0.2) is 42.2 Å². The first-order valence-electron chi connectivity index (χ1n) is 6.02. The number of carbonyl (C=O) groups is 1. The number of carbonyl (C=O) groups excluding carboxylic acids is 1. The molecule has 0 saturated carbocycles. The van der Waals surface area contributed by atoms with E-state index in [0.29, 0.717) is 0 Å². The Morgan fingerprint density at radius 1 is 1.58 bits per heavy atom. The molecule has 1 amide bonds. The van der Waals surface area contributed by atoms with E-state index in [4.69, 9.17) is 10.3 Å². The molecule has 1 saturated heterocycles. The largest absolute Gasteiger partial charge is 0.444 e. The molecule has 0 aliphatic carbocycles. The van der Waals surface area contributed by atoms with Crippen LogP contribution >= 0.6 is 0 Å². The van der Waals surface area contributed by atoms with Crippen molar-refractivity contribution in [1.29, 1.82) is 0 Å². The summed E-state index contributed by atoms with van der Waals surface area (Å²) in [4.78, 5) is 15.5. The molecule has 0 aromatic rings. The predicted octanol–water partition coefficient (Wildman–Crippen LogP) is 3.19. The second-order valence-corrected chi connectivity index (χ2v) is 5.55. The number of nitrogens with zero attached hydrogens (tertiary/aromatic N) is 4. The Kier molecular flexibility index (Phi) is 4.57. The maximum absolute atomic E-state index is 13.6. The molecule has 1 rings (SSSR count). The Morgan fingerprint density at radius 2 is 2.21 bits per heavy atom. The molecule has 1 heterocycles. The lowest BCUT2D eigenvalue weighted by molar-refractivity contribution is -0.101. The number of amides is 1. The standard InChI is InChI=1S/C11H18F2N4O2/c1-10(2,3)19-9(18)17-5-4-11(12,13)8(7-17)6-15-16-14/h8H,4-7H2,1-3H3. The number of likely N-dealkylation sites (tertiary alicyclic amines) is 1. The SMILES string of the molecule is CC(C)(C)OC(=O)N1CCC(F)(F)C(CN=[N+]=[N-])C1. The lowest BCUT2D eigenvalue weighted by Gasteiger charge is -2.38. The molecule has 0 aromatic heterocycles. The number of hydrogen-bond acceptors (Lipinski definition) is 3. The van der Waals surface area contributed by atoms with Gasteiger partial charge in [-0.3, -0.25) is 0 Å². The first-order chi connectivity index (χ1) is 8.65. The lowest BCUT2D eigenvalue weighted by Crippen LogP contribution is -2.51. The highest BCUT2D eigenvalue weighted by molar-refractivity contribution is 5.68. The van der Waals surface area contributed by atoms with Crippen LogP contribution in [0.25, 0.3) is 10.4 Å². The summed E-state index contributed by atoms with van der Waals surface area (Å²) < 4.78 is 32.3. The molecule has 0 bridgehead atoms. The minimum absolute atomic E-state index is 0.0608. The van der Waals surface area contributed by atoms with Gasteiger partial charge in [0.25, 0.3) is 5.92 Å². The van der Waals surface area contributed by atoms with Gasteiger partial charge in [-0.1, -0.05) is 5.11 Å². The predicted molar refractivity (Wildman–Crippen MR) is 64.9 cm³/mol. The topological polar surface area (TPSA) is 78.3 Å². The van der Waals surface area contributed by atoms with E-state index < -0.39 is 30.0 Å². The van der Waals surface area contributed by atoms with E-state index in [9.17, 15) is 13.6 Å². The molecule has 0 N–H and O–H groups in total. The third-order valence-corrected chi connectivity index (χ3v) is 2.77. The molecule has 0 radical (unpaired) electrons. The van der Waals surface area contributed by atoms with Gasteiger partial charge in [-0.2, -0.15) is 0 Å². The minimum Gasteiger partial charge on any atom is -0.444 e. The third-order valence-electron chi connectivity index (χ3n) is 2.77. The molecular weight excluding hydrogens is 258 g/mol. The van der Waals surface area contributed by atoms with E-state index >= 15 is 0 Å². The summed E-state index contributed by atoms with van der Waals surface area (Å²) >= 11 is 0. The summed E-state index contributed by atoms with van der Waals surface area (Å²) in [7, 11) is 0. The van der Waals surface area contributed by atoms with Crippen molar-refractivity contribution in [2.45, 2.75) is 38.7 Å². The van der Waals surface area contributed by atoms with Gasteiger partial charge in [-0.05, 0) is 26.3 Å². The fraction of sp³-hybridized carbons (Fsp3) is 0.909. The molecule has 1 atom stereocenters. The second-order valence-electron chi connectivity index (χ2n) is 5.55. The maximum Gasteiger partial charge on any atom is 0.410 e. The fourth-order valence-electron chi connectivity index (χ4n) is 1.80. The van der Waals surface area contributed by atoms with Crippen molar-refractivity contribution >= 4 is 6.09 Å². The van der Waals surface area contributed by atoms with Gasteiger partial charge in [-0.25, -0.2) is 13.6 Å². The van der Waals surface area contributed by atoms with Crippen LogP contribution in [0.3, 0.4) is 0 Å². The van der Waals surface area contributed by atoms with E-state index in [2.05, 4.69) is 10.0 Å². The van der Waals surface area contributed by atoms with Crippen molar-refractivity contribution in [3.8, 4) is 0 Å². The average molecular weight is 276 g/mol. The molecular formula is C11H18F2N4O2. The Hall–Kier alpha value is -1.56. The summed E-state index contributed by atoms with van der Waals surface area (Å²) in [5.41, 5.74) is 7.53. The van der Waals surface area contributed by atoms with Crippen molar-refractivity contribution in [2.75, 3.05) is 19.6 Å². The van der Waals surface area contributed by atoms with Crippen LogP contribution in [0.4, 0.5) is 13.6 Å². The first kappa shape index (κ1) is 15.5. The zero-order chi connectivity index (χ0) is 14.7. The molecule has 8 heteroatoms. The van der Waals surface area contributed by atoms with Crippen LogP contribution < -0.4 is 0 Å². The fourth-order valence-corrected chi connectivity index (χ4v) is 1.80. The van der Waals surface area contributed by atoms with Crippen molar-refractivity contribution < 1.29 is 18.3 Å². The molecule has 19 heavy (non-hydrogen) atoms. The van der Waals surface area contributed by atoms with E-state index in [-0.39, 0.29) is 19.6 Å². The Morgan fingerprint density at radius 3 is 2.74 bits per heavy atom. The van der Waals surface area contributed by atoms with Crippen molar-refractivity contribution in [3.63, 3.8) is 0 Å². The van der Waals surface area contributed by atoms with Gasteiger partial charge in [0, 0.05) is 36.9 Å². The molecule has 1 unspecified atom stereocenters. The third kappa shape index (κ3) is 4.55. The van der Waals surface area contributed by atoms with Crippen LogP contribution in [0, 0.1) is 5.92 Å². The van der Waals surface area contributed by atoms with Crippen LogP contribution in [0.2, 0.25) is 0 Å². The Labute approximate surface area is 110 Å². The molecule has 6 nitrogen and oxygen atoms in total. The molecule has 1 fully saturated rings. The van der Waals surface area contributed by atoms with Crippen LogP contribution in [0.15, 0.2) is 5.11 Å². The van der Waals surface area contributed by atoms with E-state index in [1.54, 1.807) is 20.8 Å². The van der Waals surface area contributed by atoms with E-state index in [0.717, 1.165) is 0 Å². The molecule has 0 spiro atoms. The summed E-state index contributed by atoms with van der Waals surface area (Å²) in [6.07, 6.45) is -1.06. The number of azide groups is 1. The molecule has 0 aromatic carbocycles. The van der Waals surface area contributed by atoms with Gasteiger partial charge in [-0.15, -0.1) is 0 Å². The summed E-state index contributed by atoms with van der Waals surface area (Å²) in [6.45, 7) is 4.57. The van der Waals surface area contributed by atoms with Crippen LogP contribution in [0.1, 0.15) is 27.2 Å². The maximum atomic E-state index is 13.6. The minimum atomic E-state index is -2.92. The number of halogens is 2. The van der Waals surface area contributed by atoms with Crippen molar-refractivity contribution in [1.82, 2.24) is 4.90 Å². The Balaban J connectivity index is 2.69. The number of ether oxygens (including phenoxy) is 1. The van der Waals surface area contributed by atoms with Gasteiger partial charge in [0.2, 0.25) is 0 Å². The normalized spacial score (nSPS) is 22.6. The van der Waals surface area contributed by atoms with Gasteiger partial charge in [0.05, 0.1) is 0 Å². The number of hydrogen-bond donors (Lipinski definition) is 0. The second kappa shape index (κ2) is 5.61. The van der Waals surface area contributed by atoms with Crippen molar-refractivity contribution in [2.24, 2.45) is 11.0 Å². The Bertz CT molecular complexity index is 389. The summed E-state index contributed by atoms with van der Waals surface area (Å²) in [5.74, 6) is -4.09. The van der Waals surface area contributed by atoms with Crippen molar-refractivity contribution in [3.05, 3.63) is 10.4 Å². The highest BCUT2D eigenvalue weighted by atomic mass is 19.3. The van der Waals surface area contributed by atoms with Gasteiger partial charge in [0.15, 0.2) is 0 Å². The van der Waals surface area contributed by atoms with E-state index in [1.807, 2.05) is 0 Å². The molecule has 1 aliphatic rings.